The Bertz CT molecular complexity index is 1210. The number of esters is 3. The summed E-state index contributed by atoms with van der Waals surface area (Å²) in [5, 5.41) is 0. The zero-order chi connectivity index (χ0) is 48.6. The van der Waals surface area contributed by atoms with Crippen molar-refractivity contribution in [2.45, 2.75) is 297 Å². The highest BCUT2D eigenvalue weighted by Gasteiger charge is 2.19. The summed E-state index contributed by atoms with van der Waals surface area (Å²) in [5.41, 5.74) is 0. The molecule has 1 atom stereocenters. The molecule has 6 heteroatoms. The van der Waals surface area contributed by atoms with Gasteiger partial charge in [0.05, 0.1) is 0 Å². The third-order valence-corrected chi connectivity index (χ3v) is 12.5. The highest BCUT2D eigenvalue weighted by Crippen LogP contribution is 2.15. The molecule has 67 heavy (non-hydrogen) atoms. The van der Waals surface area contributed by atoms with Crippen LogP contribution in [0.2, 0.25) is 0 Å². The Kier molecular flexibility index (Phi) is 53.3. The van der Waals surface area contributed by atoms with Crippen molar-refractivity contribution in [2.75, 3.05) is 13.2 Å². The molecule has 0 amide bonds. The maximum atomic E-state index is 12.8. The summed E-state index contributed by atoms with van der Waals surface area (Å²) in [6.07, 6.45) is 69.2. The van der Waals surface area contributed by atoms with Crippen LogP contribution in [0.25, 0.3) is 0 Å². The highest BCUT2D eigenvalue weighted by molar-refractivity contribution is 5.71. The van der Waals surface area contributed by atoms with E-state index in [1.54, 1.807) is 0 Å². The first-order valence-electron chi connectivity index (χ1n) is 28.8. The Morgan fingerprint density at radius 1 is 0.299 bits per heavy atom. The largest absolute Gasteiger partial charge is 0.462 e. The average molecular weight is 938 g/mol. The number of hydrogen-bond acceptors (Lipinski definition) is 6. The molecule has 0 aromatic rings. The second-order valence-corrected chi connectivity index (χ2v) is 19.2. The van der Waals surface area contributed by atoms with Gasteiger partial charge >= 0.3 is 17.9 Å². The van der Waals surface area contributed by atoms with Crippen LogP contribution in [0, 0.1) is 0 Å². The zero-order valence-corrected chi connectivity index (χ0v) is 44.4. The van der Waals surface area contributed by atoms with E-state index in [4.69, 9.17) is 14.2 Å². The summed E-state index contributed by atoms with van der Waals surface area (Å²) in [4.78, 5) is 38.1. The van der Waals surface area contributed by atoms with E-state index < -0.39 is 6.10 Å². The summed E-state index contributed by atoms with van der Waals surface area (Å²) < 4.78 is 16.8. The van der Waals surface area contributed by atoms with E-state index in [1.807, 2.05) is 0 Å². The normalized spacial score (nSPS) is 12.5. The predicted molar refractivity (Wildman–Crippen MR) is 288 cm³/mol. The van der Waals surface area contributed by atoms with Crippen LogP contribution in [0.3, 0.4) is 0 Å². The highest BCUT2D eigenvalue weighted by atomic mass is 16.6. The van der Waals surface area contributed by atoms with E-state index in [9.17, 15) is 14.4 Å². The summed E-state index contributed by atoms with van der Waals surface area (Å²) in [7, 11) is 0. The lowest BCUT2D eigenvalue weighted by molar-refractivity contribution is -0.167. The topological polar surface area (TPSA) is 78.9 Å². The van der Waals surface area contributed by atoms with Crippen LogP contribution in [-0.4, -0.2) is 37.2 Å². The molecule has 0 fully saturated rings. The Labute approximate surface area is 415 Å². The van der Waals surface area contributed by atoms with Gasteiger partial charge in [-0.3, -0.25) is 14.4 Å². The van der Waals surface area contributed by atoms with Crippen molar-refractivity contribution in [3.8, 4) is 0 Å². The van der Waals surface area contributed by atoms with Gasteiger partial charge in [0.2, 0.25) is 0 Å². The smallest absolute Gasteiger partial charge is 0.306 e. The molecule has 388 valence electrons. The van der Waals surface area contributed by atoms with Gasteiger partial charge in [0, 0.05) is 19.3 Å². The Morgan fingerprint density at radius 3 is 0.881 bits per heavy atom. The van der Waals surface area contributed by atoms with E-state index >= 15 is 0 Å². The van der Waals surface area contributed by atoms with E-state index in [0.29, 0.717) is 19.3 Å². The number of carbonyl (C=O) groups is 3. The van der Waals surface area contributed by atoms with Gasteiger partial charge in [-0.25, -0.2) is 0 Å². The minimum absolute atomic E-state index is 0.0853. The van der Waals surface area contributed by atoms with Crippen molar-refractivity contribution in [1.82, 2.24) is 0 Å². The molecule has 0 bridgehead atoms. The fraction of sp³-hybridized carbons (Fsp3) is 0.787. The van der Waals surface area contributed by atoms with Crippen molar-refractivity contribution in [1.29, 1.82) is 0 Å². The van der Waals surface area contributed by atoms with Crippen LogP contribution in [0.4, 0.5) is 0 Å². The number of ether oxygens (including phenoxy) is 3. The predicted octanol–water partition coefficient (Wildman–Crippen LogP) is 19.2. The molecule has 0 aromatic heterocycles. The quantitative estimate of drug-likeness (QED) is 0.0262. The molecule has 0 aliphatic heterocycles. The van der Waals surface area contributed by atoms with Crippen molar-refractivity contribution in [3.05, 3.63) is 60.8 Å². The van der Waals surface area contributed by atoms with Crippen molar-refractivity contribution in [2.24, 2.45) is 0 Å². The molecule has 0 saturated carbocycles. The fourth-order valence-corrected chi connectivity index (χ4v) is 8.09. The van der Waals surface area contributed by atoms with Crippen LogP contribution < -0.4 is 0 Å². The minimum Gasteiger partial charge on any atom is -0.462 e. The van der Waals surface area contributed by atoms with Gasteiger partial charge in [0.15, 0.2) is 6.10 Å². The van der Waals surface area contributed by atoms with Crippen molar-refractivity contribution < 1.29 is 28.6 Å². The van der Waals surface area contributed by atoms with E-state index in [2.05, 4.69) is 81.5 Å². The Balaban J connectivity index is 4.41. The average Bonchev–Trinajstić information content (AvgIpc) is 3.33. The third-order valence-electron chi connectivity index (χ3n) is 12.5. The molecule has 0 saturated heterocycles. The van der Waals surface area contributed by atoms with Gasteiger partial charge in [0.1, 0.15) is 13.2 Å². The number of allylic oxidation sites excluding steroid dienone is 10. The molecule has 0 heterocycles. The monoisotopic (exact) mass is 937 g/mol. The molecule has 0 rings (SSSR count). The first-order chi connectivity index (χ1) is 33.0. The van der Waals surface area contributed by atoms with Crippen LogP contribution in [0.5, 0.6) is 0 Å². The standard InChI is InChI=1S/C61H108O6/c1-4-7-10-13-16-19-22-25-28-29-30-31-34-36-39-42-45-48-51-54-60(63)66-57-58(67-61(64)55-52-49-46-43-40-37-33-27-24-21-18-15-12-9-6-3)56-65-59(62)53-50-47-44-41-38-35-32-26-23-20-17-14-11-8-5-2/h16,19,25-28,30-33,58H,4-15,17-18,20-24,29,34-57H2,1-3H3/b19-16-,28-25-,31-30-,32-26-,33-27-/t58-/m1/s1. The lowest BCUT2D eigenvalue weighted by Gasteiger charge is -2.18. The number of carbonyl (C=O) groups excluding carboxylic acids is 3. The third kappa shape index (κ3) is 53.9. The van der Waals surface area contributed by atoms with Gasteiger partial charge in [0.25, 0.3) is 0 Å². The number of unbranched alkanes of at least 4 members (excludes halogenated alkanes) is 31. The first-order valence-corrected chi connectivity index (χ1v) is 28.8. The van der Waals surface area contributed by atoms with Gasteiger partial charge < -0.3 is 14.2 Å². The van der Waals surface area contributed by atoms with Crippen molar-refractivity contribution in [3.63, 3.8) is 0 Å². The molecule has 6 nitrogen and oxygen atoms in total. The molecule has 0 aliphatic carbocycles. The maximum Gasteiger partial charge on any atom is 0.306 e. The first kappa shape index (κ1) is 64.1. The zero-order valence-electron chi connectivity index (χ0n) is 44.4. The molecular formula is C61H108O6. The minimum atomic E-state index is -0.787. The maximum absolute atomic E-state index is 12.8. The second-order valence-electron chi connectivity index (χ2n) is 19.2. The molecule has 0 aliphatic rings. The van der Waals surface area contributed by atoms with E-state index in [1.165, 1.54) is 154 Å². The van der Waals surface area contributed by atoms with Crippen LogP contribution in [0.15, 0.2) is 60.8 Å². The SMILES string of the molecule is CCCCC/C=C\C/C=C\C/C=C\CCCCCCCCC(=O)OC[C@@H](COC(=O)CCCCCCC/C=C\CCCCCCCC)OC(=O)CCCCCCC/C=C\CCCCCCCC. The van der Waals surface area contributed by atoms with E-state index in [0.717, 1.165) is 96.3 Å². The number of hydrogen-bond donors (Lipinski definition) is 0. The van der Waals surface area contributed by atoms with Gasteiger partial charge in [-0.1, -0.05) is 223 Å². The molecule has 0 N–H and O–H groups in total. The molecular weight excluding hydrogens is 829 g/mol. The molecule has 0 unspecified atom stereocenters. The Morgan fingerprint density at radius 2 is 0.537 bits per heavy atom. The van der Waals surface area contributed by atoms with E-state index in [-0.39, 0.29) is 31.1 Å². The van der Waals surface area contributed by atoms with Crippen LogP contribution in [-0.2, 0) is 28.6 Å². The van der Waals surface area contributed by atoms with Crippen molar-refractivity contribution >= 4 is 17.9 Å². The van der Waals surface area contributed by atoms with Crippen LogP contribution >= 0.6 is 0 Å². The summed E-state index contributed by atoms with van der Waals surface area (Å²) in [5.74, 6) is -0.904. The molecule has 0 radical (unpaired) electrons. The fourth-order valence-electron chi connectivity index (χ4n) is 8.09. The molecule has 0 spiro atoms. The summed E-state index contributed by atoms with van der Waals surface area (Å²) in [6.45, 7) is 6.60. The Hall–Kier alpha value is -2.89. The van der Waals surface area contributed by atoms with Gasteiger partial charge in [-0.2, -0.15) is 0 Å². The lowest BCUT2D eigenvalue weighted by atomic mass is 10.1. The lowest BCUT2D eigenvalue weighted by Crippen LogP contribution is -2.30. The van der Waals surface area contributed by atoms with Crippen LogP contribution in [0.1, 0.15) is 290 Å². The van der Waals surface area contributed by atoms with Gasteiger partial charge in [-0.15, -0.1) is 0 Å². The second kappa shape index (κ2) is 55.7. The summed E-state index contributed by atoms with van der Waals surface area (Å²) >= 11 is 0. The summed E-state index contributed by atoms with van der Waals surface area (Å²) in [6, 6.07) is 0. The number of rotatable bonds is 52. The van der Waals surface area contributed by atoms with Gasteiger partial charge in [-0.05, 0) is 109 Å². The molecule has 0 aromatic carbocycles.